The van der Waals surface area contributed by atoms with E-state index in [0.29, 0.717) is 22.7 Å². The molecular weight excluding hydrogens is 354 g/mol. The number of rotatable bonds is 4. The van der Waals surface area contributed by atoms with Gasteiger partial charge >= 0.3 is 0 Å². The summed E-state index contributed by atoms with van der Waals surface area (Å²) in [6.07, 6.45) is 0. The molecule has 0 aliphatic rings. The van der Waals surface area contributed by atoms with E-state index >= 15 is 0 Å². The van der Waals surface area contributed by atoms with E-state index in [-0.39, 0.29) is 22.4 Å². The molecular formula is C20H18F2N2O3. The van der Waals surface area contributed by atoms with Crippen LogP contribution in [-0.4, -0.2) is 24.0 Å². The highest BCUT2D eigenvalue weighted by molar-refractivity contribution is 5.66. The van der Waals surface area contributed by atoms with Gasteiger partial charge in [0.2, 0.25) is 5.43 Å². The summed E-state index contributed by atoms with van der Waals surface area (Å²) in [5.74, 6) is -0.478. The Hall–Kier alpha value is -3.22. The topological polar surface area (TPSA) is 53.4 Å². The highest BCUT2D eigenvalue weighted by Gasteiger charge is 2.19. The van der Waals surface area contributed by atoms with Crippen LogP contribution in [0.3, 0.4) is 0 Å². The maximum atomic E-state index is 14.5. The van der Waals surface area contributed by atoms with Crippen LogP contribution in [0.2, 0.25) is 0 Å². The van der Waals surface area contributed by atoms with Crippen molar-refractivity contribution in [2.75, 3.05) is 14.2 Å². The summed E-state index contributed by atoms with van der Waals surface area (Å²) in [4.78, 5) is 12.4. The minimum absolute atomic E-state index is 0.0697. The predicted octanol–water partition coefficient (Wildman–Crippen LogP) is 3.81. The first-order chi connectivity index (χ1) is 12.8. The summed E-state index contributed by atoms with van der Waals surface area (Å²) in [5.41, 5.74) is 1.06. The summed E-state index contributed by atoms with van der Waals surface area (Å²) >= 11 is 0. The lowest BCUT2D eigenvalue weighted by Gasteiger charge is -2.18. The second-order valence-electron chi connectivity index (χ2n) is 5.99. The molecule has 27 heavy (non-hydrogen) atoms. The lowest BCUT2D eigenvalue weighted by molar-refractivity contribution is 0.394. The van der Waals surface area contributed by atoms with Gasteiger partial charge in [-0.2, -0.15) is 5.10 Å². The number of aryl methyl sites for hydroxylation is 1. The second kappa shape index (κ2) is 7.19. The first-order valence-electron chi connectivity index (χ1n) is 8.15. The molecule has 5 nitrogen and oxygen atoms in total. The van der Waals surface area contributed by atoms with Crippen LogP contribution in [0.25, 0.3) is 16.9 Å². The molecule has 0 spiro atoms. The SMILES string of the molecule is COc1cc(OC)cc(-n2nc(C)c(=O)c(C)c2-c2ccc(F)cc2F)c1. The third kappa shape index (κ3) is 3.40. The van der Waals surface area contributed by atoms with Gasteiger partial charge in [-0.1, -0.05) is 0 Å². The van der Waals surface area contributed by atoms with E-state index in [1.807, 2.05) is 0 Å². The Labute approximate surface area is 154 Å². The van der Waals surface area contributed by atoms with Gasteiger partial charge in [0.1, 0.15) is 28.8 Å². The zero-order valence-electron chi connectivity index (χ0n) is 15.3. The molecule has 7 heteroatoms. The van der Waals surface area contributed by atoms with E-state index in [1.165, 1.54) is 25.0 Å². The summed E-state index contributed by atoms with van der Waals surface area (Å²) in [5, 5.41) is 4.33. The van der Waals surface area contributed by atoms with Crippen LogP contribution in [0.1, 0.15) is 11.3 Å². The molecule has 2 aromatic carbocycles. The molecule has 0 radical (unpaired) electrons. The van der Waals surface area contributed by atoms with E-state index in [9.17, 15) is 13.6 Å². The van der Waals surface area contributed by atoms with E-state index in [2.05, 4.69) is 5.10 Å². The van der Waals surface area contributed by atoms with Crippen molar-refractivity contribution in [3.63, 3.8) is 0 Å². The van der Waals surface area contributed by atoms with Crippen molar-refractivity contribution in [1.29, 1.82) is 0 Å². The average molecular weight is 372 g/mol. The van der Waals surface area contributed by atoms with Gasteiger partial charge in [-0.3, -0.25) is 4.79 Å². The highest BCUT2D eigenvalue weighted by Crippen LogP contribution is 2.30. The Balaban J connectivity index is 2.39. The van der Waals surface area contributed by atoms with Crippen LogP contribution in [-0.2, 0) is 0 Å². The summed E-state index contributed by atoms with van der Waals surface area (Å²) in [6, 6.07) is 8.25. The van der Waals surface area contributed by atoms with Gasteiger partial charge in [0.25, 0.3) is 0 Å². The van der Waals surface area contributed by atoms with Gasteiger partial charge in [0, 0.05) is 35.4 Å². The maximum absolute atomic E-state index is 14.5. The number of ether oxygens (including phenoxy) is 2. The zero-order valence-corrected chi connectivity index (χ0v) is 15.3. The highest BCUT2D eigenvalue weighted by atomic mass is 19.1. The molecule has 3 aromatic rings. The molecule has 0 amide bonds. The monoisotopic (exact) mass is 372 g/mol. The smallest absolute Gasteiger partial charge is 0.206 e. The van der Waals surface area contributed by atoms with E-state index in [0.717, 1.165) is 12.1 Å². The normalized spacial score (nSPS) is 10.7. The molecule has 0 aliphatic heterocycles. The molecule has 0 atom stereocenters. The van der Waals surface area contributed by atoms with Crippen LogP contribution in [0.5, 0.6) is 11.5 Å². The number of benzene rings is 2. The van der Waals surface area contributed by atoms with Gasteiger partial charge in [-0.15, -0.1) is 0 Å². The van der Waals surface area contributed by atoms with Crippen molar-refractivity contribution in [1.82, 2.24) is 9.78 Å². The molecule has 0 N–H and O–H groups in total. The van der Waals surface area contributed by atoms with Crippen LogP contribution in [0, 0.1) is 25.5 Å². The Bertz CT molecular complexity index is 1060. The van der Waals surface area contributed by atoms with E-state index < -0.39 is 11.6 Å². The Morgan fingerprint density at radius 1 is 0.963 bits per heavy atom. The lowest BCUT2D eigenvalue weighted by Crippen LogP contribution is -2.20. The van der Waals surface area contributed by atoms with E-state index in [1.54, 1.807) is 32.0 Å². The molecule has 0 unspecified atom stereocenters. The van der Waals surface area contributed by atoms with Crippen LogP contribution in [0.4, 0.5) is 8.78 Å². The molecule has 0 saturated carbocycles. The minimum atomic E-state index is -0.785. The molecule has 0 aliphatic carbocycles. The van der Waals surface area contributed by atoms with Gasteiger partial charge in [-0.05, 0) is 26.0 Å². The molecule has 0 saturated heterocycles. The first kappa shape index (κ1) is 18.6. The van der Waals surface area contributed by atoms with Crippen molar-refractivity contribution < 1.29 is 18.3 Å². The number of hydrogen-bond acceptors (Lipinski definition) is 4. The number of nitrogens with zero attached hydrogens (tertiary/aromatic N) is 2. The fraction of sp³-hybridized carbons (Fsp3) is 0.200. The molecule has 1 heterocycles. The second-order valence-corrected chi connectivity index (χ2v) is 5.99. The summed E-state index contributed by atoms with van der Waals surface area (Å²) < 4.78 is 39.9. The Morgan fingerprint density at radius 2 is 1.59 bits per heavy atom. The Kier molecular flexibility index (Phi) is 4.94. The number of methoxy groups -OCH3 is 2. The van der Waals surface area contributed by atoms with Crippen LogP contribution in [0.15, 0.2) is 41.2 Å². The van der Waals surface area contributed by atoms with Crippen molar-refractivity contribution in [3.05, 3.63) is 69.5 Å². The standard InChI is InChI=1S/C20H18F2N2O3/c1-11-19(17-6-5-13(21)7-18(17)22)24(23-12(2)20(11)25)14-8-15(26-3)10-16(9-14)27-4/h5-10H,1-4H3. The average Bonchev–Trinajstić information content (AvgIpc) is 2.66. The fourth-order valence-corrected chi connectivity index (χ4v) is 2.88. The fourth-order valence-electron chi connectivity index (χ4n) is 2.88. The summed E-state index contributed by atoms with van der Waals surface area (Å²) in [7, 11) is 3.02. The van der Waals surface area contributed by atoms with Crippen molar-refractivity contribution in [3.8, 4) is 28.4 Å². The first-order valence-corrected chi connectivity index (χ1v) is 8.15. The van der Waals surface area contributed by atoms with Crippen LogP contribution < -0.4 is 14.9 Å². The molecule has 0 bridgehead atoms. The van der Waals surface area contributed by atoms with Gasteiger partial charge in [0.05, 0.1) is 25.6 Å². The molecule has 1 aromatic heterocycles. The predicted molar refractivity (Wildman–Crippen MR) is 97.8 cm³/mol. The van der Waals surface area contributed by atoms with Crippen molar-refractivity contribution in [2.24, 2.45) is 0 Å². The minimum Gasteiger partial charge on any atom is -0.497 e. The summed E-state index contributed by atoms with van der Waals surface area (Å²) in [6.45, 7) is 3.16. The molecule has 0 fully saturated rings. The van der Waals surface area contributed by atoms with Crippen LogP contribution >= 0.6 is 0 Å². The van der Waals surface area contributed by atoms with E-state index in [4.69, 9.17) is 9.47 Å². The number of hydrogen-bond donors (Lipinski definition) is 0. The van der Waals surface area contributed by atoms with Crippen molar-refractivity contribution >= 4 is 0 Å². The van der Waals surface area contributed by atoms with Gasteiger partial charge in [0.15, 0.2) is 0 Å². The molecule has 140 valence electrons. The molecule has 3 rings (SSSR count). The lowest BCUT2D eigenvalue weighted by atomic mass is 10.0. The third-order valence-electron chi connectivity index (χ3n) is 4.25. The zero-order chi connectivity index (χ0) is 19.7. The maximum Gasteiger partial charge on any atom is 0.206 e. The third-order valence-corrected chi connectivity index (χ3v) is 4.25. The number of halogens is 2. The van der Waals surface area contributed by atoms with Gasteiger partial charge < -0.3 is 9.47 Å². The quantitative estimate of drug-likeness (QED) is 0.699. The van der Waals surface area contributed by atoms with Crippen molar-refractivity contribution in [2.45, 2.75) is 13.8 Å². The van der Waals surface area contributed by atoms with Gasteiger partial charge in [-0.25, -0.2) is 13.5 Å². The number of aromatic nitrogens is 2. The largest absolute Gasteiger partial charge is 0.497 e. The Morgan fingerprint density at radius 3 is 2.15 bits per heavy atom.